The van der Waals surface area contributed by atoms with E-state index in [4.69, 9.17) is 16.9 Å². The Morgan fingerprint density at radius 3 is 3.00 bits per heavy atom. The molecule has 29 heavy (non-hydrogen) atoms. The summed E-state index contributed by atoms with van der Waals surface area (Å²) in [4.78, 5) is 12.6. The topological polar surface area (TPSA) is 99.4 Å². The first-order valence-corrected chi connectivity index (χ1v) is 10.0. The molecule has 1 amide bonds. The standard InChI is InChI=1S/C21H21ClN6O/c1-13(24-21(29)20-16-4-2-3-5-19(16)25-26-20)12-28-9-8-18(27-28)14-6-7-15(11-23)17(22)10-14/h6-10,13H,2-5,12H2,1H3,(H,24,29)(H,25,26). The molecule has 1 aliphatic carbocycles. The predicted molar refractivity (Wildman–Crippen MR) is 110 cm³/mol. The van der Waals surface area contributed by atoms with Crippen LogP contribution in [0.1, 0.15) is 47.1 Å². The Kier molecular flexibility index (Phi) is 5.36. The number of rotatable bonds is 5. The van der Waals surface area contributed by atoms with Crippen molar-refractivity contribution in [3.05, 3.63) is 58.0 Å². The Morgan fingerprint density at radius 1 is 1.38 bits per heavy atom. The first-order chi connectivity index (χ1) is 14.0. The molecule has 0 bridgehead atoms. The van der Waals surface area contributed by atoms with Crippen molar-refractivity contribution in [1.82, 2.24) is 25.3 Å². The number of aryl methyl sites for hydroxylation is 1. The first-order valence-electron chi connectivity index (χ1n) is 9.65. The van der Waals surface area contributed by atoms with Gasteiger partial charge in [-0.25, -0.2) is 0 Å². The second kappa shape index (κ2) is 8.10. The van der Waals surface area contributed by atoms with Gasteiger partial charge in [0.15, 0.2) is 0 Å². The van der Waals surface area contributed by atoms with Gasteiger partial charge >= 0.3 is 0 Å². The number of benzene rings is 1. The number of H-pyrrole nitrogens is 1. The van der Waals surface area contributed by atoms with E-state index in [1.165, 1.54) is 0 Å². The lowest BCUT2D eigenvalue weighted by Gasteiger charge is -2.15. The molecule has 3 aromatic rings. The van der Waals surface area contributed by atoms with E-state index in [0.29, 0.717) is 22.8 Å². The zero-order chi connectivity index (χ0) is 20.4. The lowest BCUT2D eigenvalue weighted by atomic mass is 9.96. The van der Waals surface area contributed by atoms with E-state index in [2.05, 4.69) is 20.6 Å². The number of hydrogen-bond acceptors (Lipinski definition) is 4. The molecule has 8 heteroatoms. The number of amides is 1. The number of aromatic amines is 1. The molecule has 2 aromatic heterocycles. The summed E-state index contributed by atoms with van der Waals surface area (Å²) in [5, 5.41) is 24.2. The molecule has 0 saturated heterocycles. The van der Waals surface area contributed by atoms with Gasteiger partial charge < -0.3 is 5.32 Å². The summed E-state index contributed by atoms with van der Waals surface area (Å²) in [6, 6.07) is 9.07. The van der Waals surface area contributed by atoms with Crippen LogP contribution in [-0.2, 0) is 19.4 Å². The molecule has 7 nitrogen and oxygen atoms in total. The predicted octanol–water partition coefficient (Wildman–Crippen LogP) is 3.50. The minimum Gasteiger partial charge on any atom is -0.346 e. The second-order valence-corrected chi connectivity index (χ2v) is 7.74. The number of carbonyl (C=O) groups is 1. The molecule has 148 valence electrons. The van der Waals surface area contributed by atoms with Crippen molar-refractivity contribution in [2.45, 2.75) is 45.2 Å². The van der Waals surface area contributed by atoms with Crippen LogP contribution < -0.4 is 5.32 Å². The van der Waals surface area contributed by atoms with Crippen molar-refractivity contribution in [3.63, 3.8) is 0 Å². The summed E-state index contributed by atoms with van der Waals surface area (Å²) in [5.74, 6) is -0.126. The van der Waals surface area contributed by atoms with Gasteiger partial charge in [-0.3, -0.25) is 14.6 Å². The quantitative estimate of drug-likeness (QED) is 0.674. The number of halogens is 1. The Morgan fingerprint density at radius 2 is 2.21 bits per heavy atom. The Balaban J connectivity index is 1.41. The molecular formula is C21H21ClN6O. The van der Waals surface area contributed by atoms with Gasteiger partial charge in [0.05, 0.1) is 28.5 Å². The molecule has 2 heterocycles. The van der Waals surface area contributed by atoms with Gasteiger partial charge in [-0.1, -0.05) is 17.7 Å². The maximum atomic E-state index is 12.6. The summed E-state index contributed by atoms with van der Waals surface area (Å²) in [6.45, 7) is 2.48. The Hall–Kier alpha value is -3.11. The number of aromatic nitrogens is 4. The summed E-state index contributed by atoms with van der Waals surface area (Å²) < 4.78 is 1.79. The minimum absolute atomic E-state index is 0.109. The van der Waals surface area contributed by atoms with E-state index in [1.54, 1.807) is 16.8 Å². The molecule has 0 fully saturated rings. The van der Waals surface area contributed by atoms with Crippen molar-refractivity contribution in [1.29, 1.82) is 5.26 Å². The highest BCUT2D eigenvalue weighted by Gasteiger charge is 2.22. The van der Waals surface area contributed by atoms with Crippen molar-refractivity contribution in [2.75, 3.05) is 0 Å². The van der Waals surface area contributed by atoms with Crippen molar-refractivity contribution >= 4 is 17.5 Å². The molecule has 1 unspecified atom stereocenters. The highest BCUT2D eigenvalue weighted by Crippen LogP contribution is 2.24. The molecule has 0 radical (unpaired) electrons. The van der Waals surface area contributed by atoms with E-state index < -0.39 is 0 Å². The zero-order valence-corrected chi connectivity index (χ0v) is 16.8. The van der Waals surface area contributed by atoms with E-state index in [9.17, 15) is 4.79 Å². The van der Waals surface area contributed by atoms with Gasteiger partial charge in [-0.15, -0.1) is 0 Å². The minimum atomic E-state index is -0.126. The van der Waals surface area contributed by atoms with Crippen molar-refractivity contribution in [2.24, 2.45) is 0 Å². The zero-order valence-electron chi connectivity index (χ0n) is 16.1. The van der Waals surface area contributed by atoms with E-state index in [0.717, 1.165) is 48.2 Å². The van der Waals surface area contributed by atoms with Crippen LogP contribution in [0.4, 0.5) is 0 Å². The third-order valence-electron chi connectivity index (χ3n) is 5.13. The molecule has 1 aromatic carbocycles. The van der Waals surface area contributed by atoms with Gasteiger partial charge in [0, 0.05) is 23.4 Å². The van der Waals surface area contributed by atoms with Crippen LogP contribution >= 0.6 is 11.6 Å². The monoisotopic (exact) mass is 408 g/mol. The molecule has 1 atom stereocenters. The van der Waals surface area contributed by atoms with Gasteiger partial charge in [0.2, 0.25) is 0 Å². The van der Waals surface area contributed by atoms with Crippen molar-refractivity contribution in [3.8, 4) is 17.3 Å². The van der Waals surface area contributed by atoms with Crippen LogP contribution in [0.15, 0.2) is 30.5 Å². The molecular weight excluding hydrogens is 388 g/mol. The molecule has 1 aliphatic rings. The van der Waals surface area contributed by atoms with Crippen LogP contribution in [0.5, 0.6) is 0 Å². The number of nitrogens with one attached hydrogen (secondary N) is 2. The molecule has 0 spiro atoms. The van der Waals surface area contributed by atoms with Crippen molar-refractivity contribution < 1.29 is 4.79 Å². The van der Waals surface area contributed by atoms with E-state index in [-0.39, 0.29) is 11.9 Å². The summed E-state index contributed by atoms with van der Waals surface area (Å²) in [6.07, 6.45) is 5.92. The fraction of sp³-hybridized carbons (Fsp3) is 0.333. The van der Waals surface area contributed by atoms with Gasteiger partial charge in [-0.2, -0.15) is 15.5 Å². The SMILES string of the molecule is CC(Cn1ccc(-c2ccc(C#N)c(Cl)c2)n1)NC(=O)c1[nH]nc2c1CCCC2. The average Bonchev–Trinajstić information content (AvgIpc) is 3.34. The second-order valence-electron chi connectivity index (χ2n) is 7.33. The van der Waals surface area contributed by atoms with Crippen LogP contribution in [-0.4, -0.2) is 31.9 Å². The molecule has 4 rings (SSSR count). The number of nitriles is 1. The summed E-state index contributed by atoms with van der Waals surface area (Å²) in [7, 11) is 0. The third-order valence-corrected chi connectivity index (χ3v) is 5.45. The summed E-state index contributed by atoms with van der Waals surface area (Å²) in [5.41, 5.74) is 4.70. The van der Waals surface area contributed by atoms with Crippen LogP contribution in [0.3, 0.4) is 0 Å². The van der Waals surface area contributed by atoms with E-state index >= 15 is 0 Å². The lowest BCUT2D eigenvalue weighted by molar-refractivity contribution is 0.0930. The van der Waals surface area contributed by atoms with E-state index in [1.807, 2.05) is 31.3 Å². The average molecular weight is 409 g/mol. The van der Waals surface area contributed by atoms with Gasteiger partial charge in [-0.05, 0) is 50.8 Å². The normalized spacial score (nSPS) is 14.1. The number of nitrogens with zero attached hydrogens (tertiary/aromatic N) is 4. The fourth-order valence-corrected chi connectivity index (χ4v) is 3.89. The highest BCUT2D eigenvalue weighted by atomic mass is 35.5. The largest absolute Gasteiger partial charge is 0.346 e. The first kappa shape index (κ1) is 19.2. The number of hydrogen-bond donors (Lipinski definition) is 2. The molecule has 0 aliphatic heterocycles. The fourth-order valence-electron chi connectivity index (χ4n) is 3.67. The number of fused-ring (bicyclic) bond motifs is 1. The molecule has 2 N–H and O–H groups in total. The maximum Gasteiger partial charge on any atom is 0.269 e. The number of carbonyl (C=O) groups excluding carboxylic acids is 1. The maximum absolute atomic E-state index is 12.6. The highest BCUT2D eigenvalue weighted by molar-refractivity contribution is 6.32. The smallest absolute Gasteiger partial charge is 0.269 e. The third kappa shape index (κ3) is 4.03. The Bertz CT molecular complexity index is 1090. The summed E-state index contributed by atoms with van der Waals surface area (Å²) >= 11 is 6.11. The van der Waals surface area contributed by atoms with Gasteiger partial charge in [0.1, 0.15) is 11.8 Å². The van der Waals surface area contributed by atoms with Crippen LogP contribution in [0.25, 0.3) is 11.3 Å². The lowest BCUT2D eigenvalue weighted by Crippen LogP contribution is -2.36. The Labute approximate surface area is 173 Å². The van der Waals surface area contributed by atoms with Crippen LogP contribution in [0, 0.1) is 11.3 Å². The van der Waals surface area contributed by atoms with Crippen LogP contribution in [0.2, 0.25) is 5.02 Å². The molecule has 0 saturated carbocycles. The van der Waals surface area contributed by atoms with Gasteiger partial charge in [0.25, 0.3) is 5.91 Å².